The third-order valence-electron chi connectivity index (χ3n) is 3.94. The Bertz CT molecular complexity index is 769. The fraction of sp³-hybridized carbons (Fsp3) is 0.200. The van der Waals surface area contributed by atoms with Crippen molar-refractivity contribution in [3.8, 4) is 0 Å². The summed E-state index contributed by atoms with van der Waals surface area (Å²) in [6.45, 7) is 7.44. The second kappa shape index (κ2) is 7.70. The van der Waals surface area contributed by atoms with Crippen LogP contribution in [0.2, 0.25) is 0 Å². The van der Waals surface area contributed by atoms with Gasteiger partial charge >= 0.3 is 0 Å². The Morgan fingerprint density at radius 1 is 1.33 bits per heavy atom. The predicted molar refractivity (Wildman–Crippen MR) is 96.1 cm³/mol. The van der Waals surface area contributed by atoms with E-state index in [9.17, 15) is 9.90 Å². The first-order chi connectivity index (χ1) is 11.5. The molecule has 0 fully saturated rings. The monoisotopic (exact) mass is 323 g/mol. The molecule has 4 nitrogen and oxygen atoms in total. The molecule has 0 radical (unpaired) electrons. The second-order valence-electron chi connectivity index (χ2n) is 5.55. The normalized spacial score (nSPS) is 21.7. The summed E-state index contributed by atoms with van der Waals surface area (Å²) >= 11 is 0. The summed E-state index contributed by atoms with van der Waals surface area (Å²) in [6, 6.07) is 7.06. The van der Waals surface area contributed by atoms with E-state index in [0.717, 1.165) is 6.26 Å². The molecule has 24 heavy (non-hydrogen) atoms. The van der Waals surface area contributed by atoms with Crippen molar-refractivity contribution in [3.63, 3.8) is 0 Å². The first kappa shape index (κ1) is 17.6. The molecule has 4 heteroatoms. The number of hydrogen-bond donors (Lipinski definition) is 2. The lowest BCUT2D eigenvalue weighted by molar-refractivity contribution is 0.0858. The van der Waals surface area contributed by atoms with E-state index in [1.807, 2.05) is 13.0 Å². The van der Waals surface area contributed by atoms with Crippen LogP contribution in [0.25, 0.3) is 0 Å². The molecule has 0 amide bonds. The molecule has 2 rings (SSSR count). The van der Waals surface area contributed by atoms with E-state index in [1.165, 1.54) is 6.08 Å². The van der Waals surface area contributed by atoms with Gasteiger partial charge in [0.05, 0.1) is 24.0 Å². The van der Waals surface area contributed by atoms with Crippen LogP contribution >= 0.6 is 0 Å². The molecule has 0 heterocycles. The van der Waals surface area contributed by atoms with Gasteiger partial charge in [0.1, 0.15) is 0 Å². The molecule has 0 bridgehead atoms. The Balaban J connectivity index is 2.39. The molecule has 1 aliphatic carbocycles. The van der Waals surface area contributed by atoms with E-state index >= 15 is 0 Å². The fourth-order valence-corrected chi connectivity index (χ4v) is 2.73. The lowest BCUT2D eigenvalue weighted by Gasteiger charge is -2.14. The summed E-state index contributed by atoms with van der Waals surface area (Å²) in [4.78, 5) is 17.1. The quantitative estimate of drug-likeness (QED) is 0.487. The molecule has 0 aromatic heterocycles. The molecule has 0 saturated carbocycles. The van der Waals surface area contributed by atoms with Crippen molar-refractivity contribution >= 4 is 11.5 Å². The van der Waals surface area contributed by atoms with E-state index in [-0.39, 0.29) is 5.78 Å². The zero-order valence-electron chi connectivity index (χ0n) is 13.8. The first-order valence-corrected chi connectivity index (χ1v) is 7.70. The summed E-state index contributed by atoms with van der Waals surface area (Å²) < 4.78 is 0. The Kier molecular flexibility index (Phi) is 5.66. The number of aliphatic hydroxyl groups excluding tert-OH is 2. The molecule has 1 aromatic rings. The second-order valence-corrected chi connectivity index (χ2v) is 5.55. The van der Waals surface area contributed by atoms with Crippen molar-refractivity contribution in [2.75, 3.05) is 0 Å². The molecule has 2 atom stereocenters. The van der Waals surface area contributed by atoms with Crippen molar-refractivity contribution in [1.82, 2.24) is 0 Å². The van der Waals surface area contributed by atoms with Crippen molar-refractivity contribution in [2.24, 2.45) is 10.9 Å². The predicted octanol–water partition coefficient (Wildman–Crippen LogP) is 4.08. The number of aliphatic imine (C=N–C) groups is 1. The number of nitrogens with zero attached hydrogens (tertiary/aromatic N) is 1. The SMILES string of the molecule is C=C(/C=C/O)C(=C\C=C/C)/N=C(\C)C1C(=O)c2ccccc2[C@@H]1O. The number of carbonyl (C=O) groups excluding carboxylic acids is 1. The van der Waals surface area contributed by atoms with Gasteiger partial charge < -0.3 is 10.2 Å². The van der Waals surface area contributed by atoms with Crippen LogP contribution < -0.4 is 0 Å². The summed E-state index contributed by atoms with van der Waals surface area (Å²) in [5, 5.41) is 19.4. The van der Waals surface area contributed by atoms with Gasteiger partial charge in [-0.3, -0.25) is 9.79 Å². The minimum Gasteiger partial charge on any atom is -0.516 e. The van der Waals surface area contributed by atoms with E-state index in [1.54, 1.807) is 43.3 Å². The fourth-order valence-electron chi connectivity index (χ4n) is 2.73. The molecule has 0 saturated heterocycles. The third kappa shape index (κ3) is 3.44. The van der Waals surface area contributed by atoms with Crippen molar-refractivity contribution < 1.29 is 15.0 Å². The molecule has 1 aliphatic rings. The molecular formula is C20H21NO3. The van der Waals surface area contributed by atoms with Gasteiger partial charge in [-0.05, 0) is 37.1 Å². The first-order valence-electron chi connectivity index (χ1n) is 7.70. The van der Waals surface area contributed by atoms with Gasteiger partial charge in [-0.15, -0.1) is 0 Å². The molecule has 124 valence electrons. The highest BCUT2D eigenvalue weighted by Gasteiger charge is 2.40. The smallest absolute Gasteiger partial charge is 0.174 e. The summed E-state index contributed by atoms with van der Waals surface area (Å²) in [5.41, 5.74) is 2.71. The zero-order chi connectivity index (χ0) is 17.7. The molecule has 0 aliphatic heterocycles. The Morgan fingerprint density at radius 3 is 2.67 bits per heavy atom. The maximum Gasteiger partial charge on any atom is 0.174 e. The Morgan fingerprint density at radius 2 is 2.04 bits per heavy atom. The third-order valence-corrected chi connectivity index (χ3v) is 3.94. The van der Waals surface area contributed by atoms with Crippen molar-refractivity contribution in [2.45, 2.75) is 20.0 Å². The van der Waals surface area contributed by atoms with E-state index in [4.69, 9.17) is 5.11 Å². The lowest BCUT2D eigenvalue weighted by Crippen LogP contribution is -2.22. The van der Waals surface area contributed by atoms with Gasteiger partial charge in [0, 0.05) is 11.3 Å². The largest absolute Gasteiger partial charge is 0.516 e. The molecule has 0 spiro atoms. The van der Waals surface area contributed by atoms with Gasteiger partial charge in [-0.1, -0.05) is 43.0 Å². The molecule has 2 N–H and O–H groups in total. The molecule has 1 aromatic carbocycles. The summed E-state index contributed by atoms with van der Waals surface area (Å²) in [6.07, 6.45) is 6.79. The van der Waals surface area contributed by atoms with E-state index in [0.29, 0.717) is 28.1 Å². The summed E-state index contributed by atoms with van der Waals surface area (Å²) in [5.74, 6) is -0.838. The highest BCUT2D eigenvalue weighted by molar-refractivity contribution is 6.15. The lowest BCUT2D eigenvalue weighted by atomic mass is 9.97. The molecule has 1 unspecified atom stereocenters. The number of allylic oxidation sites excluding steroid dienone is 4. The number of aliphatic hydroxyl groups is 2. The number of hydrogen-bond acceptors (Lipinski definition) is 4. The average Bonchev–Trinajstić information content (AvgIpc) is 2.83. The van der Waals surface area contributed by atoms with Crippen LogP contribution in [0.15, 0.2) is 77.7 Å². The Labute approximate surface area is 141 Å². The number of Topliss-reactive ketones (excluding diaryl/α,β-unsaturated/α-hetero) is 1. The van der Waals surface area contributed by atoms with Crippen LogP contribution in [0, 0.1) is 5.92 Å². The minimum atomic E-state index is -0.901. The van der Waals surface area contributed by atoms with E-state index in [2.05, 4.69) is 11.6 Å². The molecular weight excluding hydrogens is 302 g/mol. The average molecular weight is 323 g/mol. The van der Waals surface area contributed by atoms with Gasteiger partial charge in [0.15, 0.2) is 5.78 Å². The topological polar surface area (TPSA) is 69.9 Å². The summed E-state index contributed by atoms with van der Waals surface area (Å²) in [7, 11) is 0. The Hall–Kier alpha value is -2.72. The van der Waals surface area contributed by atoms with Gasteiger partial charge in [0.25, 0.3) is 0 Å². The number of fused-ring (bicyclic) bond motifs is 1. The number of carbonyl (C=O) groups is 1. The van der Waals surface area contributed by atoms with Crippen LogP contribution in [0.1, 0.15) is 35.9 Å². The number of ketones is 1. The number of rotatable bonds is 5. The van der Waals surface area contributed by atoms with Crippen LogP contribution in [-0.2, 0) is 0 Å². The van der Waals surface area contributed by atoms with Crippen molar-refractivity contribution in [3.05, 3.63) is 83.8 Å². The van der Waals surface area contributed by atoms with E-state index < -0.39 is 12.0 Å². The zero-order valence-corrected chi connectivity index (χ0v) is 13.8. The number of benzene rings is 1. The van der Waals surface area contributed by atoms with Gasteiger partial charge in [-0.25, -0.2) is 0 Å². The maximum absolute atomic E-state index is 12.6. The van der Waals surface area contributed by atoms with Gasteiger partial charge in [-0.2, -0.15) is 0 Å². The van der Waals surface area contributed by atoms with Crippen LogP contribution in [0.3, 0.4) is 0 Å². The van der Waals surface area contributed by atoms with Gasteiger partial charge in [0.2, 0.25) is 0 Å². The van der Waals surface area contributed by atoms with Crippen LogP contribution in [-0.4, -0.2) is 21.7 Å². The highest BCUT2D eigenvalue weighted by Crippen LogP contribution is 2.37. The van der Waals surface area contributed by atoms with Crippen LogP contribution in [0.5, 0.6) is 0 Å². The minimum absolute atomic E-state index is 0.131. The maximum atomic E-state index is 12.6. The standard InChI is InChI=1S/C20H21NO3/c1-4-5-10-17(13(2)11-12-22)21-14(3)18-19(23)15-8-6-7-9-16(15)20(18)24/h4-12,18-19,22-23H,2H2,1,3H3/b5-4-,12-11+,17-10+,21-14+/t18?,19-/m0/s1. The highest BCUT2D eigenvalue weighted by atomic mass is 16.3. The van der Waals surface area contributed by atoms with Crippen LogP contribution in [0.4, 0.5) is 0 Å². The van der Waals surface area contributed by atoms with Crippen molar-refractivity contribution in [1.29, 1.82) is 0 Å².